The Labute approximate surface area is 168 Å². The molecule has 1 amide bonds. The Balaban J connectivity index is 1.52. The quantitative estimate of drug-likeness (QED) is 0.705. The zero-order valence-corrected chi connectivity index (χ0v) is 15.6. The van der Waals surface area contributed by atoms with Gasteiger partial charge in [-0.1, -0.05) is 0 Å². The zero-order valence-electron chi connectivity index (χ0n) is 15.6. The molecule has 0 spiro atoms. The van der Waals surface area contributed by atoms with Crippen molar-refractivity contribution in [3.05, 3.63) is 41.4 Å². The van der Waals surface area contributed by atoms with Crippen molar-refractivity contribution in [2.45, 2.75) is 43.5 Å². The standard InChI is InChI=1S/C19H19F3N2O6/c20-11-6-12(17(21)18(22)16(11)9-1-2-13(25)14(26)5-9)24-7-10(30-19(24)27)8-28-15-3-4-29-23-15/h3-4,6,9-10,13-14,25-26H,1-2,5,7-8H2/t9-,10+,13?,14?/m0/s1. The van der Waals surface area contributed by atoms with Crippen molar-refractivity contribution in [2.24, 2.45) is 0 Å². The van der Waals surface area contributed by atoms with Crippen LogP contribution in [0.5, 0.6) is 5.88 Å². The van der Waals surface area contributed by atoms with Gasteiger partial charge in [-0.25, -0.2) is 18.0 Å². The smallest absolute Gasteiger partial charge is 0.414 e. The maximum Gasteiger partial charge on any atom is 0.414 e. The molecular weight excluding hydrogens is 409 g/mol. The molecule has 4 atom stereocenters. The van der Waals surface area contributed by atoms with E-state index in [1.807, 2.05) is 0 Å². The first-order valence-electron chi connectivity index (χ1n) is 9.40. The number of aliphatic hydroxyl groups excluding tert-OH is 2. The van der Waals surface area contributed by atoms with Crippen LogP contribution in [-0.2, 0) is 4.74 Å². The first-order valence-corrected chi connectivity index (χ1v) is 9.40. The van der Waals surface area contributed by atoms with E-state index in [1.165, 1.54) is 12.3 Å². The number of hydrogen-bond acceptors (Lipinski definition) is 7. The molecule has 0 radical (unpaired) electrons. The van der Waals surface area contributed by atoms with E-state index in [4.69, 9.17) is 9.47 Å². The fourth-order valence-electron chi connectivity index (χ4n) is 3.82. The van der Waals surface area contributed by atoms with Crippen LogP contribution in [0.1, 0.15) is 30.7 Å². The molecule has 4 rings (SSSR count). The summed E-state index contributed by atoms with van der Waals surface area (Å²) in [5.41, 5.74) is -1.08. The number of hydrogen-bond donors (Lipinski definition) is 2. The van der Waals surface area contributed by atoms with Gasteiger partial charge in [-0.15, -0.1) is 0 Å². The third kappa shape index (κ3) is 3.82. The van der Waals surface area contributed by atoms with Crippen LogP contribution >= 0.6 is 0 Å². The van der Waals surface area contributed by atoms with Crippen molar-refractivity contribution < 1.29 is 42.2 Å². The van der Waals surface area contributed by atoms with Crippen LogP contribution in [0.4, 0.5) is 23.7 Å². The predicted octanol–water partition coefficient (Wildman–Crippen LogP) is 2.49. The number of aliphatic hydroxyl groups is 2. The summed E-state index contributed by atoms with van der Waals surface area (Å²) in [7, 11) is 0. The van der Waals surface area contributed by atoms with Gasteiger partial charge in [-0.3, -0.25) is 4.90 Å². The number of nitrogens with zero attached hydrogens (tertiary/aromatic N) is 2. The second kappa shape index (κ2) is 8.15. The van der Waals surface area contributed by atoms with Gasteiger partial charge in [0.2, 0.25) is 0 Å². The monoisotopic (exact) mass is 428 g/mol. The number of halogens is 3. The van der Waals surface area contributed by atoms with Gasteiger partial charge in [0.1, 0.15) is 18.7 Å². The number of amides is 1. The lowest BCUT2D eigenvalue weighted by atomic mass is 9.80. The Morgan fingerprint density at radius 3 is 2.70 bits per heavy atom. The number of cyclic esters (lactones) is 1. The minimum Gasteiger partial charge on any atom is -0.471 e. The first-order chi connectivity index (χ1) is 14.3. The molecule has 1 aliphatic heterocycles. The van der Waals surface area contributed by atoms with Crippen LogP contribution in [0.25, 0.3) is 0 Å². The molecule has 1 aliphatic carbocycles. The second-order valence-electron chi connectivity index (χ2n) is 7.33. The molecule has 2 heterocycles. The normalized spacial score (nSPS) is 26.7. The number of carbonyl (C=O) groups excluding carboxylic acids is 1. The summed E-state index contributed by atoms with van der Waals surface area (Å²) in [5.74, 6) is -4.47. The highest BCUT2D eigenvalue weighted by Gasteiger charge is 2.38. The Morgan fingerprint density at radius 1 is 1.20 bits per heavy atom. The van der Waals surface area contributed by atoms with Crippen molar-refractivity contribution in [1.82, 2.24) is 5.16 Å². The van der Waals surface area contributed by atoms with Crippen LogP contribution < -0.4 is 9.64 Å². The summed E-state index contributed by atoms with van der Waals surface area (Å²) in [5, 5.41) is 22.9. The largest absolute Gasteiger partial charge is 0.471 e. The van der Waals surface area contributed by atoms with E-state index in [1.54, 1.807) is 0 Å². The van der Waals surface area contributed by atoms with Gasteiger partial charge in [0.05, 0.1) is 24.4 Å². The Hall–Kier alpha value is -2.79. The molecule has 2 unspecified atom stereocenters. The minimum atomic E-state index is -1.42. The van der Waals surface area contributed by atoms with Crippen LogP contribution in [0, 0.1) is 17.5 Å². The summed E-state index contributed by atoms with van der Waals surface area (Å²) in [6.45, 7) is -0.290. The molecule has 2 N–H and O–H groups in total. The molecule has 1 saturated carbocycles. The number of ether oxygens (including phenoxy) is 2. The summed E-state index contributed by atoms with van der Waals surface area (Å²) >= 11 is 0. The predicted molar refractivity (Wildman–Crippen MR) is 94.5 cm³/mol. The zero-order chi connectivity index (χ0) is 21.4. The molecule has 30 heavy (non-hydrogen) atoms. The molecule has 0 bridgehead atoms. The van der Waals surface area contributed by atoms with Gasteiger partial charge in [0, 0.05) is 17.7 Å². The highest BCUT2D eigenvalue weighted by atomic mass is 19.2. The summed E-state index contributed by atoms with van der Waals surface area (Å²) in [6, 6.07) is 2.19. The van der Waals surface area contributed by atoms with Crippen molar-refractivity contribution in [2.75, 3.05) is 18.1 Å². The SMILES string of the molecule is O=C1O[C@@H](COc2ccon2)CN1c1cc(F)c([C@H]2CCC(O)C(O)C2)c(F)c1F. The van der Waals surface area contributed by atoms with E-state index in [0.717, 1.165) is 11.0 Å². The molecule has 1 saturated heterocycles. The lowest BCUT2D eigenvalue weighted by molar-refractivity contribution is -0.0156. The average molecular weight is 428 g/mol. The molecule has 11 heteroatoms. The number of aromatic nitrogens is 1. The van der Waals surface area contributed by atoms with E-state index in [-0.39, 0.29) is 38.3 Å². The lowest BCUT2D eigenvalue weighted by Crippen LogP contribution is -2.33. The maximum absolute atomic E-state index is 14.8. The topological polar surface area (TPSA) is 105 Å². The molecule has 2 aromatic rings. The summed E-state index contributed by atoms with van der Waals surface area (Å²) in [6.07, 6.45) is -2.38. The number of carbonyl (C=O) groups is 1. The van der Waals surface area contributed by atoms with Crippen LogP contribution in [0.3, 0.4) is 0 Å². The van der Waals surface area contributed by atoms with Crippen molar-refractivity contribution >= 4 is 11.8 Å². The van der Waals surface area contributed by atoms with Crippen LogP contribution in [0.15, 0.2) is 22.9 Å². The number of rotatable bonds is 5. The summed E-state index contributed by atoms with van der Waals surface area (Å²) in [4.78, 5) is 12.9. The minimum absolute atomic E-state index is 0.0962. The second-order valence-corrected chi connectivity index (χ2v) is 7.33. The average Bonchev–Trinajstić information content (AvgIpc) is 3.35. The van der Waals surface area contributed by atoms with E-state index >= 15 is 0 Å². The first kappa shape index (κ1) is 20.5. The van der Waals surface area contributed by atoms with Crippen molar-refractivity contribution in [1.29, 1.82) is 0 Å². The molecular formula is C19H19F3N2O6. The molecule has 1 aromatic heterocycles. The Kier molecular flexibility index (Phi) is 5.56. The van der Waals surface area contributed by atoms with Crippen molar-refractivity contribution in [3.63, 3.8) is 0 Å². The van der Waals surface area contributed by atoms with Crippen LogP contribution in [0.2, 0.25) is 0 Å². The van der Waals surface area contributed by atoms with Crippen molar-refractivity contribution in [3.8, 4) is 5.88 Å². The number of benzene rings is 1. The van der Waals surface area contributed by atoms with Gasteiger partial charge in [0.15, 0.2) is 17.7 Å². The van der Waals surface area contributed by atoms with Gasteiger partial charge < -0.3 is 24.2 Å². The fourth-order valence-corrected chi connectivity index (χ4v) is 3.82. The summed E-state index contributed by atoms with van der Waals surface area (Å²) < 4.78 is 59.2. The van der Waals surface area contributed by atoms with Gasteiger partial charge in [0.25, 0.3) is 5.88 Å². The van der Waals surface area contributed by atoms with E-state index in [2.05, 4.69) is 9.68 Å². The fraction of sp³-hybridized carbons (Fsp3) is 0.474. The van der Waals surface area contributed by atoms with E-state index in [9.17, 15) is 28.2 Å². The Morgan fingerprint density at radius 2 is 2.00 bits per heavy atom. The highest BCUT2D eigenvalue weighted by Crippen LogP contribution is 2.39. The van der Waals surface area contributed by atoms with Gasteiger partial charge >= 0.3 is 6.09 Å². The highest BCUT2D eigenvalue weighted by molar-refractivity contribution is 5.90. The van der Waals surface area contributed by atoms with E-state index < -0.39 is 59.0 Å². The third-order valence-electron chi connectivity index (χ3n) is 5.36. The maximum atomic E-state index is 14.8. The molecule has 8 nitrogen and oxygen atoms in total. The Bertz CT molecular complexity index is 925. The third-order valence-corrected chi connectivity index (χ3v) is 5.36. The van der Waals surface area contributed by atoms with Gasteiger partial charge in [-0.05, 0) is 30.3 Å². The molecule has 1 aromatic carbocycles. The molecule has 2 aliphatic rings. The van der Waals surface area contributed by atoms with Crippen LogP contribution in [-0.4, -0.2) is 52.9 Å². The van der Waals surface area contributed by atoms with Gasteiger partial charge in [-0.2, -0.15) is 0 Å². The number of anilines is 1. The molecule has 162 valence electrons. The lowest BCUT2D eigenvalue weighted by Gasteiger charge is -2.31. The molecule has 2 fully saturated rings. The van der Waals surface area contributed by atoms with E-state index in [0.29, 0.717) is 0 Å².